The molecule has 0 spiro atoms. The molecule has 0 bridgehead atoms. The minimum atomic E-state index is 0.656. The van der Waals surface area contributed by atoms with Gasteiger partial charge in [-0.15, -0.1) is 0 Å². The lowest BCUT2D eigenvalue weighted by atomic mass is 9.90. The number of hydrogen-bond acceptors (Lipinski definition) is 2. The normalized spacial score (nSPS) is 21.8. The molecule has 2 heteroatoms. The predicted molar refractivity (Wildman–Crippen MR) is 71.7 cm³/mol. The summed E-state index contributed by atoms with van der Waals surface area (Å²) in [5.74, 6) is 1.64. The lowest BCUT2D eigenvalue weighted by Gasteiger charge is -2.35. The van der Waals surface area contributed by atoms with Crippen LogP contribution in [0.1, 0.15) is 38.2 Å². The van der Waals surface area contributed by atoms with E-state index < -0.39 is 0 Å². The summed E-state index contributed by atoms with van der Waals surface area (Å²) in [6, 6.07) is 9.20. The highest BCUT2D eigenvalue weighted by Gasteiger charge is 2.22. The number of benzene rings is 1. The van der Waals surface area contributed by atoms with E-state index in [0.29, 0.717) is 12.0 Å². The van der Waals surface area contributed by atoms with E-state index in [1.807, 2.05) is 6.07 Å². The van der Waals surface area contributed by atoms with E-state index in [0.717, 1.165) is 5.75 Å². The van der Waals surface area contributed by atoms with Crippen LogP contribution in [-0.2, 0) is 0 Å². The van der Waals surface area contributed by atoms with Gasteiger partial charge in [-0.05, 0) is 56.8 Å². The molecule has 0 aromatic heterocycles. The van der Waals surface area contributed by atoms with Crippen molar-refractivity contribution in [2.75, 3.05) is 20.2 Å². The summed E-state index contributed by atoms with van der Waals surface area (Å²) in [5, 5.41) is 0. The second-order valence-electron chi connectivity index (χ2n) is 5.20. The molecule has 1 atom stereocenters. The molecule has 1 fully saturated rings. The lowest BCUT2D eigenvalue weighted by Crippen LogP contribution is -2.39. The molecule has 1 heterocycles. The Morgan fingerprint density at radius 1 is 1.35 bits per heavy atom. The van der Waals surface area contributed by atoms with Crippen LogP contribution in [-0.4, -0.2) is 31.1 Å². The van der Waals surface area contributed by atoms with E-state index in [1.165, 1.54) is 31.5 Å². The summed E-state index contributed by atoms with van der Waals surface area (Å²) < 4.78 is 5.31. The Morgan fingerprint density at radius 3 is 2.88 bits per heavy atom. The van der Waals surface area contributed by atoms with Gasteiger partial charge in [0, 0.05) is 12.6 Å². The molecular formula is C15H23NO. The van der Waals surface area contributed by atoms with Crippen LogP contribution in [0.2, 0.25) is 0 Å². The van der Waals surface area contributed by atoms with Crippen molar-refractivity contribution in [1.29, 1.82) is 0 Å². The van der Waals surface area contributed by atoms with Crippen LogP contribution < -0.4 is 4.74 Å². The molecule has 1 aromatic carbocycles. The van der Waals surface area contributed by atoms with Crippen LogP contribution in [0.25, 0.3) is 0 Å². The number of methoxy groups -OCH3 is 1. The van der Waals surface area contributed by atoms with Crippen molar-refractivity contribution >= 4 is 0 Å². The number of likely N-dealkylation sites (tertiary alicyclic amines) is 1. The maximum absolute atomic E-state index is 5.31. The molecule has 0 unspecified atom stereocenters. The fourth-order valence-electron chi connectivity index (χ4n) is 2.64. The minimum absolute atomic E-state index is 0.656. The summed E-state index contributed by atoms with van der Waals surface area (Å²) in [6.45, 7) is 7.00. The highest BCUT2D eigenvalue weighted by atomic mass is 16.5. The average molecular weight is 233 g/mol. The van der Waals surface area contributed by atoms with E-state index in [1.54, 1.807) is 7.11 Å². The number of hydrogen-bond donors (Lipinski definition) is 0. The SMILES string of the molecule is COc1cccc([C@H]2CCCN(C(C)C)C2)c1. The lowest BCUT2D eigenvalue weighted by molar-refractivity contribution is 0.167. The van der Waals surface area contributed by atoms with Gasteiger partial charge in [0.25, 0.3) is 0 Å². The van der Waals surface area contributed by atoms with Crippen LogP contribution in [0, 0.1) is 0 Å². The third-order valence-corrected chi connectivity index (χ3v) is 3.75. The van der Waals surface area contributed by atoms with Crippen molar-refractivity contribution in [3.63, 3.8) is 0 Å². The third-order valence-electron chi connectivity index (χ3n) is 3.75. The first-order chi connectivity index (χ1) is 8.20. The van der Waals surface area contributed by atoms with E-state index >= 15 is 0 Å². The zero-order valence-corrected chi connectivity index (χ0v) is 11.1. The average Bonchev–Trinajstić information content (AvgIpc) is 2.39. The third kappa shape index (κ3) is 3.01. The monoisotopic (exact) mass is 233 g/mol. The Balaban J connectivity index is 2.10. The molecule has 0 N–H and O–H groups in total. The maximum atomic E-state index is 5.31. The summed E-state index contributed by atoms with van der Waals surface area (Å²) in [6.07, 6.45) is 2.61. The van der Waals surface area contributed by atoms with Crippen LogP contribution in [0.3, 0.4) is 0 Å². The molecule has 1 aromatic rings. The molecule has 0 aliphatic carbocycles. The predicted octanol–water partition coefficient (Wildman–Crippen LogP) is 3.28. The van der Waals surface area contributed by atoms with Gasteiger partial charge in [0.2, 0.25) is 0 Å². The Hall–Kier alpha value is -1.02. The van der Waals surface area contributed by atoms with Gasteiger partial charge in [0.05, 0.1) is 7.11 Å². The van der Waals surface area contributed by atoms with Crippen LogP contribution in [0.4, 0.5) is 0 Å². The zero-order chi connectivity index (χ0) is 12.3. The van der Waals surface area contributed by atoms with Crippen molar-refractivity contribution in [2.24, 2.45) is 0 Å². The van der Waals surface area contributed by atoms with Gasteiger partial charge >= 0.3 is 0 Å². The topological polar surface area (TPSA) is 12.5 Å². The summed E-state index contributed by atoms with van der Waals surface area (Å²) >= 11 is 0. The van der Waals surface area contributed by atoms with Crippen molar-refractivity contribution in [3.05, 3.63) is 29.8 Å². The quantitative estimate of drug-likeness (QED) is 0.794. The van der Waals surface area contributed by atoms with Gasteiger partial charge in [-0.1, -0.05) is 12.1 Å². The Kier molecular flexibility index (Phi) is 4.06. The Morgan fingerprint density at radius 2 is 2.18 bits per heavy atom. The second-order valence-corrected chi connectivity index (χ2v) is 5.20. The molecule has 2 nitrogen and oxygen atoms in total. The molecule has 17 heavy (non-hydrogen) atoms. The van der Waals surface area contributed by atoms with Crippen LogP contribution in [0.15, 0.2) is 24.3 Å². The van der Waals surface area contributed by atoms with E-state index in [-0.39, 0.29) is 0 Å². The molecule has 0 amide bonds. The van der Waals surface area contributed by atoms with Crippen molar-refractivity contribution in [1.82, 2.24) is 4.90 Å². The standard InChI is InChI=1S/C15H23NO/c1-12(2)16-9-5-7-14(11-16)13-6-4-8-15(10-13)17-3/h4,6,8,10,12,14H,5,7,9,11H2,1-3H3/t14-/m0/s1. The van der Waals surface area contributed by atoms with Gasteiger partial charge in [0.1, 0.15) is 5.75 Å². The molecule has 1 aliphatic rings. The van der Waals surface area contributed by atoms with Gasteiger partial charge in [-0.3, -0.25) is 0 Å². The second kappa shape index (κ2) is 5.54. The number of rotatable bonds is 3. The number of piperidine rings is 1. The summed E-state index contributed by atoms with van der Waals surface area (Å²) in [4.78, 5) is 2.58. The molecule has 0 saturated carbocycles. The molecule has 1 saturated heterocycles. The molecule has 1 aliphatic heterocycles. The fraction of sp³-hybridized carbons (Fsp3) is 0.600. The number of nitrogens with zero attached hydrogens (tertiary/aromatic N) is 1. The zero-order valence-electron chi connectivity index (χ0n) is 11.1. The largest absolute Gasteiger partial charge is 0.497 e. The smallest absolute Gasteiger partial charge is 0.119 e. The van der Waals surface area contributed by atoms with Gasteiger partial charge < -0.3 is 9.64 Å². The summed E-state index contributed by atoms with van der Waals surface area (Å²) in [7, 11) is 1.74. The highest BCUT2D eigenvalue weighted by Crippen LogP contribution is 2.29. The first-order valence-corrected chi connectivity index (χ1v) is 6.58. The first kappa shape index (κ1) is 12.4. The Labute approximate surface area is 105 Å². The molecule has 2 rings (SSSR count). The van der Waals surface area contributed by atoms with Gasteiger partial charge in [-0.2, -0.15) is 0 Å². The highest BCUT2D eigenvalue weighted by molar-refractivity contribution is 5.31. The summed E-state index contributed by atoms with van der Waals surface area (Å²) in [5.41, 5.74) is 1.43. The van der Waals surface area contributed by atoms with E-state index in [9.17, 15) is 0 Å². The number of ether oxygens (including phenoxy) is 1. The van der Waals surface area contributed by atoms with Crippen molar-refractivity contribution in [3.8, 4) is 5.75 Å². The Bertz CT molecular complexity index is 362. The van der Waals surface area contributed by atoms with Crippen molar-refractivity contribution in [2.45, 2.75) is 38.6 Å². The van der Waals surface area contributed by atoms with E-state index in [4.69, 9.17) is 4.74 Å². The molecule has 94 valence electrons. The van der Waals surface area contributed by atoms with Crippen LogP contribution >= 0.6 is 0 Å². The van der Waals surface area contributed by atoms with Crippen LogP contribution in [0.5, 0.6) is 5.75 Å². The van der Waals surface area contributed by atoms with Gasteiger partial charge in [-0.25, -0.2) is 0 Å². The maximum Gasteiger partial charge on any atom is 0.119 e. The van der Waals surface area contributed by atoms with Gasteiger partial charge in [0.15, 0.2) is 0 Å². The first-order valence-electron chi connectivity index (χ1n) is 6.58. The van der Waals surface area contributed by atoms with Crippen molar-refractivity contribution < 1.29 is 4.74 Å². The molecule has 0 radical (unpaired) electrons. The van der Waals surface area contributed by atoms with E-state index in [2.05, 4.69) is 36.9 Å². The minimum Gasteiger partial charge on any atom is -0.497 e. The fourth-order valence-corrected chi connectivity index (χ4v) is 2.64. The molecular weight excluding hydrogens is 210 g/mol.